The highest BCUT2D eigenvalue weighted by Gasteiger charge is 2.30. The average molecular weight is 243 g/mol. The van der Waals surface area contributed by atoms with E-state index in [0.29, 0.717) is 17.3 Å². The fraction of sp³-hybridized carbons (Fsp3) is 0.455. The summed E-state index contributed by atoms with van der Waals surface area (Å²) in [4.78, 5) is 15.8. The minimum Gasteiger partial charge on any atom is -0.369 e. The van der Waals surface area contributed by atoms with E-state index in [-0.39, 0.29) is 5.91 Å². The van der Waals surface area contributed by atoms with Crippen LogP contribution in [0.4, 0.5) is 5.69 Å². The van der Waals surface area contributed by atoms with Crippen LogP contribution in [0.25, 0.3) is 0 Å². The second-order valence-electron chi connectivity index (χ2n) is 3.61. The van der Waals surface area contributed by atoms with Gasteiger partial charge in [-0.1, -0.05) is 18.5 Å². The van der Waals surface area contributed by atoms with E-state index < -0.39 is 5.60 Å². The van der Waals surface area contributed by atoms with Crippen molar-refractivity contribution in [2.75, 3.05) is 12.4 Å². The molecule has 0 aromatic carbocycles. The largest absolute Gasteiger partial charge is 0.369 e. The molecule has 88 valence electrons. The summed E-state index contributed by atoms with van der Waals surface area (Å²) in [6.45, 7) is 3.63. The van der Waals surface area contributed by atoms with E-state index in [4.69, 9.17) is 16.3 Å². The van der Waals surface area contributed by atoms with Gasteiger partial charge in [-0.25, -0.2) is 4.98 Å². The predicted octanol–water partition coefficient (Wildman–Crippen LogP) is 2.49. The highest BCUT2D eigenvalue weighted by molar-refractivity contribution is 6.29. The maximum Gasteiger partial charge on any atom is 0.256 e. The van der Waals surface area contributed by atoms with Gasteiger partial charge in [0.15, 0.2) is 0 Å². The number of rotatable bonds is 4. The Morgan fingerprint density at radius 2 is 2.31 bits per heavy atom. The molecule has 1 amide bonds. The number of nitrogens with one attached hydrogen (secondary N) is 1. The highest BCUT2D eigenvalue weighted by Crippen LogP contribution is 2.17. The van der Waals surface area contributed by atoms with E-state index in [9.17, 15) is 4.79 Å². The van der Waals surface area contributed by atoms with Crippen molar-refractivity contribution < 1.29 is 9.53 Å². The molecule has 4 nitrogen and oxygen atoms in total. The molecular weight excluding hydrogens is 228 g/mol. The maximum atomic E-state index is 11.9. The van der Waals surface area contributed by atoms with Gasteiger partial charge in [-0.05, 0) is 25.5 Å². The van der Waals surface area contributed by atoms with Gasteiger partial charge in [0.2, 0.25) is 0 Å². The van der Waals surface area contributed by atoms with E-state index in [2.05, 4.69) is 10.3 Å². The molecule has 1 aromatic heterocycles. The zero-order valence-corrected chi connectivity index (χ0v) is 10.3. The Bertz CT molecular complexity index is 361. The number of anilines is 1. The van der Waals surface area contributed by atoms with Gasteiger partial charge in [0, 0.05) is 7.11 Å². The van der Waals surface area contributed by atoms with Gasteiger partial charge in [0.05, 0.1) is 11.9 Å². The minimum absolute atomic E-state index is 0.193. The van der Waals surface area contributed by atoms with Crippen molar-refractivity contribution in [1.82, 2.24) is 4.98 Å². The molecule has 0 saturated carbocycles. The number of hydrogen-bond acceptors (Lipinski definition) is 3. The SMILES string of the molecule is CCC(C)(OC)C(=O)Nc1ccc(Cl)nc1. The molecular formula is C11H15ClN2O2. The van der Waals surface area contributed by atoms with Crippen LogP contribution in [0.5, 0.6) is 0 Å². The molecule has 0 aliphatic rings. The fourth-order valence-corrected chi connectivity index (χ4v) is 1.22. The lowest BCUT2D eigenvalue weighted by atomic mass is 10.0. The van der Waals surface area contributed by atoms with Crippen molar-refractivity contribution >= 4 is 23.2 Å². The Balaban J connectivity index is 2.74. The predicted molar refractivity (Wildman–Crippen MR) is 63.6 cm³/mol. The first kappa shape index (κ1) is 12.9. The van der Waals surface area contributed by atoms with Gasteiger partial charge in [-0.2, -0.15) is 0 Å². The van der Waals surface area contributed by atoms with Gasteiger partial charge in [0.1, 0.15) is 10.8 Å². The third-order valence-corrected chi connectivity index (χ3v) is 2.81. The van der Waals surface area contributed by atoms with E-state index in [0.717, 1.165) is 0 Å². The Hall–Kier alpha value is -1.13. The molecule has 0 radical (unpaired) electrons. The molecule has 5 heteroatoms. The number of nitrogens with zero attached hydrogens (tertiary/aromatic N) is 1. The third kappa shape index (κ3) is 2.93. The van der Waals surface area contributed by atoms with Crippen molar-refractivity contribution in [3.05, 3.63) is 23.5 Å². The smallest absolute Gasteiger partial charge is 0.256 e. The second-order valence-corrected chi connectivity index (χ2v) is 4.00. The minimum atomic E-state index is -0.820. The molecule has 0 aliphatic heterocycles. The summed E-state index contributed by atoms with van der Waals surface area (Å²) in [6.07, 6.45) is 2.10. The number of ether oxygens (including phenoxy) is 1. The van der Waals surface area contributed by atoms with Gasteiger partial charge >= 0.3 is 0 Å². The Kier molecular flexibility index (Phi) is 4.26. The normalized spacial score (nSPS) is 14.2. The number of carbonyl (C=O) groups is 1. The van der Waals surface area contributed by atoms with Crippen LogP contribution in [0.2, 0.25) is 5.15 Å². The molecule has 0 aliphatic carbocycles. The topological polar surface area (TPSA) is 51.2 Å². The summed E-state index contributed by atoms with van der Waals surface area (Å²) in [5.74, 6) is -0.193. The molecule has 1 heterocycles. The molecule has 0 bridgehead atoms. The number of hydrogen-bond donors (Lipinski definition) is 1. The van der Waals surface area contributed by atoms with Crippen molar-refractivity contribution in [1.29, 1.82) is 0 Å². The first-order valence-corrected chi connectivity index (χ1v) is 5.38. The third-order valence-electron chi connectivity index (χ3n) is 2.59. The van der Waals surface area contributed by atoms with Crippen LogP contribution >= 0.6 is 11.6 Å². The zero-order valence-electron chi connectivity index (χ0n) is 9.58. The van der Waals surface area contributed by atoms with Crippen LogP contribution in [0.1, 0.15) is 20.3 Å². The number of methoxy groups -OCH3 is 1. The lowest BCUT2D eigenvalue weighted by Crippen LogP contribution is -2.41. The molecule has 16 heavy (non-hydrogen) atoms. The summed E-state index contributed by atoms with van der Waals surface area (Å²) < 4.78 is 5.19. The van der Waals surface area contributed by atoms with Crippen LogP contribution in [0.15, 0.2) is 18.3 Å². The molecule has 0 spiro atoms. The van der Waals surface area contributed by atoms with Crippen LogP contribution in [0.3, 0.4) is 0 Å². The van der Waals surface area contributed by atoms with Gasteiger partial charge in [-0.3, -0.25) is 4.79 Å². The number of halogens is 1. The monoisotopic (exact) mass is 242 g/mol. The molecule has 1 rings (SSSR count). The van der Waals surface area contributed by atoms with Crippen LogP contribution < -0.4 is 5.32 Å². The van der Waals surface area contributed by atoms with Crippen LogP contribution in [0, 0.1) is 0 Å². The van der Waals surface area contributed by atoms with E-state index in [1.807, 2.05) is 6.92 Å². The van der Waals surface area contributed by atoms with Crippen molar-refractivity contribution in [3.8, 4) is 0 Å². The number of aromatic nitrogens is 1. The van der Waals surface area contributed by atoms with E-state index in [1.165, 1.54) is 13.3 Å². The summed E-state index contributed by atoms with van der Waals surface area (Å²) in [5, 5.41) is 3.12. The fourth-order valence-electron chi connectivity index (χ4n) is 1.11. The maximum absolute atomic E-state index is 11.9. The summed E-state index contributed by atoms with van der Waals surface area (Å²) in [6, 6.07) is 3.31. The summed E-state index contributed by atoms with van der Waals surface area (Å²) in [7, 11) is 1.52. The summed E-state index contributed by atoms with van der Waals surface area (Å²) in [5.41, 5.74) is -0.217. The first-order chi connectivity index (χ1) is 7.51. The summed E-state index contributed by atoms with van der Waals surface area (Å²) >= 11 is 5.64. The Labute approximate surface area is 100.0 Å². The quantitative estimate of drug-likeness (QED) is 0.826. The molecule has 1 atom stereocenters. The average Bonchev–Trinajstić information content (AvgIpc) is 2.31. The first-order valence-electron chi connectivity index (χ1n) is 5.00. The van der Waals surface area contributed by atoms with E-state index in [1.54, 1.807) is 19.1 Å². The zero-order chi connectivity index (χ0) is 12.2. The molecule has 1 unspecified atom stereocenters. The lowest BCUT2D eigenvalue weighted by molar-refractivity contribution is -0.136. The molecule has 0 fully saturated rings. The lowest BCUT2D eigenvalue weighted by Gasteiger charge is -2.25. The Morgan fingerprint density at radius 3 is 2.75 bits per heavy atom. The molecule has 0 saturated heterocycles. The molecule has 1 N–H and O–H groups in total. The molecule has 1 aromatic rings. The van der Waals surface area contributed by atoms with E-state index >= 15 is 0 Å². The highest BCUT2D eigenvalue weighted by atomic mass is 35.5. The Morgan fingerprint density at radius 1 is 1.62 bits per heavy atom. The number of amides is 1. The van der Waals surface area contributed by atoms with Crippen LogP contribution in [-0.2, 0) is 9.53 Å². The van der Waals surface area contributed by atoms with Gasteiger partial charge < -0.3 is 10.1 Å². The van der Waals surface area contributed by atoms with Gasteiger partial charge in [-0.15, -0.1) is 0 Å². The number of pyridine rings is 1. The van der Waals surface area contributed by atoms with Crippen LogP contribution in [-0.4, -0.2) is 23.6 Å². The van der Waals surface area contributed by atoms with Gasteiger partial charge in [0.25, 0.3) is 5.91 Å². The van der Waals surface area contributed by atoms with Crippen molar-refractivity contribution in [2.24, 2.45) is 0 Å². The van der Waals surface area contributed by atoms with Crippen molar-refractivity contribution in [2.45, 2.75) is 25.9 Å². The number of carbonyl (C=O) groups excluding carboxylic acids is 1. The van der Waals surface area contributed by atoms with Crippen molar-refractivity contribution in [3.63, 3.8) is 0 Å². The second kappa shape index (κ2) is 5.27. The standard InChI is InChI=1S/C11H15ClN2O2/c1-4-11(2,16-3)10(15)14-8-5-6-9(12)13-7-8/h5-7H,4H2,1-3H3,(H,14,15).